The maximum Gasteiger partial charge on any atom is 0.223 e. The second kappa shape index (κ2) is 10.1. The van der Waals surface area contributed by atoms with E-state index in [4.69, 9.17) is 10.2 Å². The van der Waals surface area contributed by atoms with Gasteiger partial charge in [-0.05, 0) is 22.9 Å². The van der Waals surface area contributed by atoms with Gasteiger partial charge >= 0.3 is 0 Å². The standard InChI is InChI=1S/C12H18N2O3S2/c15-8-6-14(7-9-16)12(17)4-10-18-19-11-3-1-2-5-13-11/h1-3,5,15-16H,4,6-10H2. The highest BCUT2D eigenvalue weighted by atomic mass is 33.1. The van der Waals surface area contributed by atoms with Gasteiger partial charge in [0.25, 0.3) is 0 Å². The molecule has 0 saturated heterocycles. The van der Waals surface area contributed by atoms with E-state index in [0.717, 1.165) is 5.03 Å². The SMILES string of the molecule is O=C(CCSSc1ccccn1)N(CCO)CCO. The van der Waals surface area contributed by atoms with Gasteiger partial charge in [0.15, 0.2) is 0 Å². The molecule has 106 valence electrons. The van der Waals surface area contributed by atoms with Crippen LogP contribution in [0.15, 0.2) is 29.4 Å². The molecule has 0 aliphatic heterocycles. The summed E-state index contributed by atoms with van der Waals surface area (Å²) >= 11 is 0. The predicted molar refractivity (Wildman–Crippen MR) is 77.9 cm³/mol. The van der Waals surface area contributed by atoms with Crippen molar-refractivity contribution in [2.75, 3.05) is 32.1 Å². The third-order valence-corrected chi connectivity index (χ3v) is 4.54. The van der Waals surface area contributed by atoms with E-state index < -0.39 is 0 Å². The quantitative estimate of drug-likeness (QED) is 0.524. The normalized spacial score (nSPS) is 10.4. The number of aromatic nitrogens is 1. The molecule has 0 radical (unpaired) electrons. The van der Waals surface area contributed by atoms with Crippen molar-refractivity contribution in [2.24, 2.45) is 0 Å². The molecule has 0 aromatic carbocycles. The van der Waals surface area contributed by atoms with E-state index in [2.05, 4.69) is 4.98 Å². The van der Waals surface area contributed by atoms with Gasteiger partial charge in [-0.25, -0.2) is 4.98 Å². The van der Waals surface area contributed by atoms with E-state index in [1.165, 1.54) is 15.7 Å². The summed E-state index contributed by atoms with van der Waals surface area (Å²) in [5.74, 6) is 0.630. The van der Waals surface area contributed by atoms with Gasteiger partial charge in [-0.1, -0.05) is 16.9 Å². The fourth-order valence-corrected chi connectivity index (χ4v) is 3.25. The Morgan fingerprint density at radius 2 is 2.00 bits per heavy atom. The number of nitrogens with zero attached hydrogens (tertiary/aromatic N) is 2. The number of amides is 1. The van der Waals surface area contributed by atoms with Gasteiger partial charge in [-0.3, -0.25) is 4.79 Å². The third kappa shape index (κ3) is 6.81. The van der Waals surface area contributed by atoms with E-state index in [0.29, 0.717) is 12.2 Å². The van der Waals surface area contributed by atoms with Crippen molar-refractivity contribution in [3.8, 4) is 0 Å². The smallest absolute Gasteiger partial charge is 0.223 e. The van der Waals surface area contributed by atoms with Crippen LogP contribution in [0.3, 0.4) is 0 Å². The Labute approximate surface area is 120 Å². The lowest BCUT2D eigenvalue weighted by molar-refractivity contribution is -0.131. The summed E-state index contributed by atoms with van der Waals surface area (Å²) in [5, 5.41) is 18.6. The largest absolute Gasteiger partial charge is 0.395 e. The fraction of sp³-hybridized carbons (Fsp3) is 0.500. The zero-order chi connectivity index (χ0) is 13.9. The number of rotatable bonds is 9. The monoisotopic (exact) mass is 302 g/mol. The third-order valence-electron chi connectivity index (χ3n) is 2.27. The Morgan fingerprint density at radius 1 is 1.26 bits per heavy atom. The van der Waals surface area contributed by atoms with Crippen LogP contribution >= 0.6 is 21.6 Å². The van der Waals surface area contributed by atoms with Crippen LogP contribution < -0.4 is 0 Å². The van der Waals surface area contributed by atoms with Crippen molar-refractivity contribution in [2.45, 2.75) is 11.4 Å². The Balaban J connectivity index is 2.22. The van der Waals surface area contributed by atoms with Crippen LogP contribution in [0.4, 0.5) is 0 Å². The molecule has 1 rings (SSSR count). The molecule has 2 N–H and O–H groups in total. The highest BCUT2D eigenvalue weighted by molar-refractivity contribution is 8.76. The Morgan fingerprint density at radius 3 is 2.58 bits per heavy atom. The van der Waals surface area contributed by atoms with Crippen molar-refractivity contribution in [1.29, 1.82) is 0 Å². The van der Waals surface area contributed by atoms with Gasteiger partial charge in [0.1, 0.15) is 5.03 Å². The number of hydrogen-bond donors (Lipinski definition) is 2. The van der Waals surface area contributed by atoms with Crippen molar-refractivity contribution in [3.63, 3.8) is 0 Å². The lowest BCUT2D eigenvalue weighted by Gasteiger charge is -2.20. The van der Waals surface area contributed by atoms with E-state index in [1.807, 2.05) is 18.2 Å². The molecule has 7 heteroatoms. The molecule has 0 aliphatic carbocycles. The number of pyridine rings is 1. The summed E-state index contributed by atoms with van der Waals surface area (Å²) in [6.07, 6.45) is 2.13. The molecule has 19 heavy (non-hydrogen) atoms. The molecule has 5 nitrogen and oxygen atoms in total. The number of aliphatic hydroxyl groups excluding tert-OH is 2. The summed E-state index contributed by atoms with van der Waals surface area (Å²) in [5.41, 5.74) is 0. The van der Waals surface area contributed by atoms with Crippen LogP contribution in [0.1, 0.15) is 6.42 Å². The highest BCUT2D eigenvalue weighted by Crippen LogP contribution is 2.29. The van der Waals surface area contributed by atoms with E-state index >= 15 is 0 Å². The minimum Gasteiger partial charge on any atom is -0.395 e. The van der Waals surface area contributed by atoms with Crippen LogP contribution in [0, 0.1) is 0 Å². The van der Waals surface area contributed by atoms with Crippen molar-refractivity contribution < 1.29 is 15.0 Å². The zero-order valence-corrected chi connectivity index (χ0v) is 12.2. The first-order chi connectivity index (χ1) is 9.27. The van der Waals surface area contributed by atoms with Crippen molar-refractivity contribution >= 4 is 27.5 Å². The average molecular weight is 302 g/mol. The van der Waals surface area contributed by atoms with Crippen LogP contribution in [-0.4, -0.2) is 58.1 Å². The molecule has 1 amide bonds. The number of carbonyl (C=O) groups excluding carboxylic acids is 1. The topological polar surface area (TPSA) is 73.7 Å². The Bertz CT molecular complexity index is 359. The minimum absolute atomic E-state index is 0.0442. The predicted octanol–water partition coefficient (Wildman–Crippen LogP) is 1.03. The first-order valence-corrected chi connectivity index (χ1v) is 8.30. The number of aliphatic hydroxyl groups is 2. The summed E-state index contributed by atoms with van der Waals surface area (Å²) < 4.78 is 0. The average Bonchev–Trinajstić information content (AvgIpc) is 2.44. The van der Waals surface area contributed by atoms with Crippen LogP contribution in [-0.2, 0) is 4.79 Å². The Hall–Kier alpha value is -0.760. The van der Waals surface area contributed by atoms with Crippen molar-refractivity contribution in [3.05, 3.63) is 24.4 Å². The highest BCUT2D eigenvalue weighted by Gasteiger charge is 2.11. The fourth-order valence-electron chi connectivity index (χ4n) is 1.39. The molecule has 1 aromatic heterocycles. The maximum absolute atomic E-state index is 11.8. The van der Waals surface area contributed by atoms with Crippen LogP contribution in [0.2, 0.25) is 0 Å². The summed E-state index contributed by atoms with van der Waals surface area (Å²) in [6.45, 7) is 0.387. The van der Waals surface area contributed by atoms with Crippen molar-refractivity contribution in [1.82, 2.24) is 9.88 Å². The molecule has 0 fully saturated rings. The summed E-state index contributed by atoms with van der Waals surface area (Å²) in [6, 6.07) is 5.70. The molecular formula is C12H18N2O3S2. The molecule has 0 bridgehead atoms. The molecule has 0 atom stereocenters. The van der Waals surface area contributed by atoms with Gasteiger partial charge in [0.05, 0.1) is 13.2 Å². The first-order valence-electron chi connectivity index (χ1n) is 5.98. The molecule has 0 unspecified atom stereocenters. The van der Waals surface area contributed by atoms with Crippen LogP contribution in [0.5, 0.6) is 0 Å². The second-order valence-corrected chi connectivity index (χ2v) is 6.09. The molecular weight excluding hydrogens is 284 g/mol. The van der Waals surface area contributed by atoms with E-state index in [-0.39, 0.29) is 32.2 Å². The molecule has 1 aromatic rings. The van der Waals surface area contributed by atoms with E-state index in [1.54, 1.807) is 17.0 Å². The summed E-state index contributed by atoms with van der Waals surface area (Å²) in [7, 11) is 3.11. The maximum atomic E-state index is 11.8. The van der Waals surface area contributed by atoms with Gasteiger partial charge < -0.3 is 15.1 Å². The lowest BCUT2D eigenvalue weighted by atomic mass is 10.4. The molecule has 0 aliphatic rings. The van der Waals surface area contributed by atoms with E-state index in [9.17, 15) is 4.79 Å². The molecule has 0 saturated carbocycles. The first kappa shape index (κ1) is 16.3. The molecule has 0 spiro atoms. The second-order valence-electron chi connectivity index (χ2n) is 3.65. The van der Waals surface area contributed by atoms with Gasteiger partial charge in [-0.2, -0.15) is 0 Å². The van der Waals surface area contributed by atoms with Gasteiger partial charge in [-0.15, -0.1) is 0 Å². The summed E-state index contributed by atoms with van der Waals surface area (Å²) in [4.78, 5) is 17.4. The zero-order valence-electron chi connectivity index (χ0n) is 10.6. The Kier molecular flexibility index (Phi) is 8.64. The molecule has 1 heterocycles. The minimum atomic E-state index is -0.0818. The number of hydrogen-bond acceptors (Lipinski definition) is 6. The van der Waals surface area contributed by atoms with Gasteiger partial charge in [0, 0.05) is 31.5 Å². The lowest BCUT2D eigenvalue weighted by Crippen LogP contribution is -2.35. The van der Waals surface area contributed by atoms with Gasteiger partial charge in [0.2, 0.25) is 5.91 Å². The van der Waals surface area contributed by atoms with Crippen LogP contribution in [0.25, 0.3) is 0 Å². The number of carbonyl (C=O) groups is 1.